The van der Waals surface area contributed by atoms with Crippen LogP contribution >= 0.6 is 0 Å². The van der Waals surface area contributed by atoms with Crippen LogP contribution in [-0.4, -0.2) is 33.2 Å². The Labute approximate surface area is 147 Å². The standard InChI is InChI=1S/C17H16N4O5/c1-3-25-17(24)14-13-15(26-20-14)18-9-21(16(13)23)8-12(22)19-11-6-4-10(2)5-7-11/h4-7,9H,3,8H2,1-2H3,(H,19,22). The van der Waals surface area contributed by atoms with Crippen molar-refractivity contribution in [2.75, 3.05) is 11.9 Å². The van der Waals surface area contributed by atoms with Gasteiger partial charge < -0.3 is 14.6 Å². The van der Waals surface area contributed by atoms with E-state index in [-0.39, 0.29) is 29.9 Å². The minimum atomic E-state index is -0.785. The van der Waals surface area contributed by atoms with Gasteiger partial charge in [0.15, 0.2) is 0 Å². The van der Waals surface area contributed by atoms with Crippen LogP contribution in [-0.2, 0) is 16.1 Å². The molecular formula is C17H16N4O5. The number of aromatic nitrogens is 3. The lowest BCUT2D eigenvalue weighted by Gasteiger charge is -2.07. The van der Waals surface area contributed by atoms with Crippen LogP contribution in [0.4, 0.5) is 5.69 Å². The summed E-state index contributed by atoms with van der Waals surface area (Å²) in [6.45, 7) is 3.42. The van der Waals surface area contributed by atoms with E-state index in [4.69, 9.17) is 9.26 Å². The van der Waals surface area contributed by atoms with Gasteiger partial charge in [0.25, 0.3) is 11.3 Å². The molecule has 9 heteroatoms. The Hall–Kier alpha value is -3.49. The molecule has 0 saturated carbocycles. The molecule has 1 aromatic carbocycles. The zero-order valence-electron chi connectivity index (χ0n) is 14.2. The second-order valence-corrected chi connectivity index (χ2v) is 5.52. The molecule has 0 radical (unpaired) electrons. The highest BCUT2D eigenvalue weighted by molar-refractivity contribution is 5.99. The van der Waals surface area contributed by atoms with Crippen LogP contribution in [0.1, 0.15) is 23.0 Å². The fourth-order valence-electron chi connectivity index (χ4n) is 2.32. The van der Waals surface area contributed by atoms with Crippen LogP contribution < -0.4 is 10.9 Å². The lowest BCUT2D eigenvalue weighted by Crippen LogP contribution is -2.28. The third-order valence-electron chi connectivity index (χ3n) is 3.58. The summed E-state index contributed by atoms with van der Waals surface area (Å²) < 4.78 is 10.8. The lowest BCUT2D eigenvalue weighted by atomic mass is 10.2. The van der Waals surface area contributed by atoms with Crippen molar-refractivity contribution in [2.45, 2.75) is 20.4 Å². The normalized spacial score (nSPS) is 10.7. The molecule has 2 aromatic heterocycles. The Kier molecular flexibility index (Phi) is 4.78. The van der Waals surface area contributed by atoms with Gasteiger partial charge in [0.2, 0.25) is 11.6 Å². The van der Waals surface area contributed by atoms with Gasteiger partial charge in [-0.05, 0) is 26.0 Å². The molecule has 1 N–H and O–H groups in total. The molecule has 9 nitrogen and oxygen atoms in total. The van der Waals surface area contributed by atoms with Crippen molar-refractivity contribution < 1.29 is 18.8 Å². The van der Waals surface area contributed by atoms with Crippen LogP contribution in [0.5, 0.6) is 0 Å². The highest BCUT2D eigenvalue weighted by atomic mass is 16.5. The van der Waals surface area contributed by atoms with Crippen LogP contribution in [0.15, 0.2) is 39.9 Å². The number of carbonyl (C=O) groups is 2. The highest BCUT2D eigenvalue weighted by Crippen LogP contribution is 2.13. The molecule has 0 unspecified atom stereocenters. The monoisotopic (exact) mass is 356 g/mol. The second kappa shape index (κ2) is 7.18. The molecule has 2 heterocycles. The maximum absolute atomic E-state index is 12.6. The topological polar surface area (TPSA) is 116 Å². The van der Waals surface area contributed by atoms with Crippen molar-refractivity contribution in [3.05, 3.63) is 52.2 Å². The Morgan fingerprint density at radius 2 is 2.00 bits per heavy atom. The SMILES string of the molecule is CCOC(=O)c1noc2ncn(CC(=O)Nc3ccc(C)cc3)c(=O)c12. The fourth-order valence-corrected chi connectivity index (χ4v) is 2.32. The van der Waals surface area contributed by atoms with E-state index in [0.29, 0.717) is 5.69 Å². The van der Waals surface area contributed by atoms with Gasteiger partial charge in [-0.3, -0.25) is 14.2 Å². The van der Waals surface area contributed by atoms with E-state index in [0.717, 1.165) is 10.1 Å². The summed E-state index contributed by atoms with van der Waals surface area (Å²) >= 11 is 0. The van der Waals surface area contributed by atoms with Gasteiger partial charge in [-0.25, -0.2) is 9.78 Å². The predicted octanol–water partition coefficient (Wildman–Crippen LogP) is 1.51. The largest absolute Gasteiger partial charge is 0.461 e. The molecule has 0 saturated heterocycles. The molecule has 0 aliphatic carbocycles. The zero-order chi connectivity index (χ0) is 18.7. The number of amides is 1. The first-order valence-corrected chi connectivity index (χ1v) is 7.88. The summed E-state index contributed by atoms with van der Waals surface area (Å²) in [5.74, 6) is -1.20. The van der Waals surface area contributed by atoms with Crippen LogP contribution in [0.25, 0.3) is 11.1 Å². The number of hydrogen-bond acceptors (Lipinski definition) is 7. The summed E-state index contributed by atoms with van der Waals surface area (Å²) in [7, 11) is 0. The van der Waals surface area contributed by atoms with Crippen molar-refractivity contribution in [3.8, 4) is 0 Å². The molecule has 0 aliphatic heterocycles. The summed E-state index contributed by atoms with van der Waals surface area (Å²) in [6, 6.07) is 7.24. The van der Waals surface area contributed by atoms with Gasteiger partial charge in [0.05, 0.1) is 6.61 Å². The maximum Gasteiger partial charge on any atom is 0.361 e. The minimum absolute atomic E-state index is 0.0896. The van der Waals surface area contributed by atoms with Crippen LogP contribution in [0, 0.1) is 6.92 Å². The van der Waals surface area contributed by atoms with Gasteiger partial charge in [-0.2, -0.15) is 0 Å². The number of anilines is 1. The van der Waals surface area contributed by atoms with E-state index in [1.807, 2.05) is 19.1 Å². The van der Waals surface area contributed by atoms with Gasteiger partial charge in [-0.1, -0.05) is 22.9 Å². The third kappa shape index (κ3) is 3.46. The van der Waals surface area contributed by atoms with Crippen LogP contribution in [0.2, 0.25) is 0 Å². The van der Waals surface area contributed by atoms with Crippen molar-refractivity contribution in [3.63, 3.8) is 0 Å². The molecule has 0 spiro atoms. The molecular weight excluding hydrogens is 340 g/mol. The average molecular weight is 356 g/mol. The minimum Gasteiger partial charge on any atom is -0.461 e. The number of carbonyl (C=O) groups excluding carboxylic acids is 2. The predicted molar refractivity (Wildman–Crippen MR) is 91.8 cm³/mol. The van der Waals surface area contributed by atoms with Gasteiger partial charge in [0, 0.05) is 5.69 Å². The van der Waals surface area contributed by atoms with E-state index in [1.165, 1.54) is 6.33 Å². The molecule has 0 atom stereocenters. The van der Waals surface area contributed by atoms with E-state index < -0.39 is 17.4 Å². The number of ether oxygens (including phenoxy) is 1. The van der Waals surface area contributed by atoms with E-state index in [2.05, 4.69) is 15.5 Å². The number of aryl methyl sites for hydroxylation is 1. The number of esters is 1. The Morgan fingerprint density at radius 1 is 1.27 bits per heavy atom. The second-order valence-electron chi connectivity index (χ2n) is 5.52. The van der Waals surface area contributed by atoms with Crippen molar-refractivity contribution in [2.24, 2.45) is 0 Å². The Balaban J connectivity index is 1.86. The molecule has 0 aliphatic rings. The first kappa shape index (κ1) is 17.3. The smallest absolute Gasteiger partial charge is 0.361 e. The fraction of sp³-hybridized carbons (Fsp3) is 0.235. The van der Waals surface area contributed by atoms with Crippen molar-refractivity contribution in [1.82, 2.24) is 14.7 Å². The molecule has 1 amide bonds. The molecule has 3 aromatic rings. The third-order valence-corrected chi connectivity index (χ3v) is 3.58. The maximum atomic E-state index is 12.6. The number of benzene rings is 1. The van der Waals surface area contributed by atoms with Gasteiger partial charge in [0.1, 0.15) is 18.3 Å². The number of nitrogens with zero attached hydrogens (tertiary/aromatic N) is 3. The van der Waals surface area contributed by atoms with Gasteiger partial charge >= 0.3 is 5.97 Å². The summed E-state index contributed by atoms with van der Waals surface area (Å²) in [6.07, 6.45) is 1.17. The van der Waals surface area contributed by atoms with Crippen LogP contribution in [0.3, 0.4) is 0 Å². The highest BCUT2D eigenvalue weighted by Gasteiger charge is 2.22. The van der Waals surface area contributed by atoms with E-state index in [1.54, 1.807) is 19.1 Å². The summed E-state index contributed by atoms with van der Waals surface area (Å²) in [5.41, 5.74) is 0.715. The number of rotatable bonds is 5. The van der Waals surface area contributed by atoms with E-state index >= 15 is 0 Å². The van der Waals surface area contributed by atoms with Crippen molar-refractivity contribution >= 4 is 28.7 Å². The Bertz CT molecular complexity index is 1020. The number of hydrogen-bond donors (Lipinski definition) is 1. The average Bonchev–Trinajstić information content (AvgIpc) is 3.05. The zero-order valence-corrected chi connectivity index (χ0v) is 14.2. The molecule has 0 fully saturated rings. The summed E-state index contributed by atoms with van der Waals surface area (Å²) in [5, 5.41) is 6.12. The van der Waals surface area contributed by atoms with E-state index in [9.17, 15) is 14.4 Å². The summed E-state index contributed by atoms with van der Waals surface area (Å²) in [4.78, 5) is 40.6. The molecule has 134 valence electrons. The first-order chi connectivity index (χ1) is 12.5. The molecule has 26 heavy (non-hydrogen) atoms. The first-order valence-electron chi connectivity index (χ1n) is 7.88. The Morgan fingerprint density at radius 3 is 2.69 bits per heavy atom. The number of fused-ring (bicyclic) bond motifs is 1. The number of nitrogens with one attached hydrogen (secondary N) is 1. The lowest BCUT2D eigenvalue weighted by molar-refractivity contribution is -0.116. The molecule has 0 bridgehead atoms. The van der Waals surface area contributed by atoms with Crippen molar-refractivity contribution in [1.29, 1.82) is 0 Å². The molecule has 3 rings (SSSR count). The van der Waals surface area contributed by atoms with Gasteiger partial charge in [-0.15, -0.1) is 0 Å². The quantitative estimate of drug-likeness (QED) is 0.689.